The largest absolute Gasteiger partial charge is 0.349 e. The SMILES string of the molecule is C[C@@H](NC(=O)[C@@H]1CN(C(=O)c2cnn(Cc3ccccc3)c2)CC12CN(C(=O)[C@H]1CC1(C)C)C2)c1cccc(F)c1.[HH]. The van der Waals surface area contributed by atoms with Crippen molar-refractivity contribution in [3.8, 4) is 0 Å². The van der Waals surface area contributed by atoms with Gasteiger partial charge in [0.15, 0.2) is 0 Å². The molecule has 2 aromatic carbocycles. The molecular weight excluding hydrogens is 521 g/mol. The van der Waals surface area contributed by atoms with Gasteiger partial charge in [-0.2, -0.15) is 5.10 Å². The maximum Gasteiger partial charge on any atom is 0.257 e. The number of likely N-dealkylation sites (tertiary alicyclic amines) is 2. The molecule has 1 saturated carbocycles. The van der Waals surface area contributed by atoms with E-state index in [0.29, 0.717) is 37.3 Å². The van der Waals surface area contributed by atoms with Crippen molar-refractivity contribution < 1.29 is 20.2 Å². The van der Waals surface area contributed by atoms with E-state index in [1.807, 2.05) is 42.2 Å². The van der Waals surface area contributed by atoms with E-state index in [1.165, 1.54) is 12.1 Å². The van der Waals surface area contributed by atoms with Gasteiger partial charge in [-0.3, -0.25) is 19.1 Å². The second kappa shape index (κ2) is 10.1. The van der Waals surface area contributed by atoms with E-state index in [0.717, 1.165) is 12.0 Å². The van der Waals surface area contributed by atoms with E-state index >= 15 is 0 Å². The summed E-state index contributed by atoms with van der Waals surface area (Å²) < 4.78 is 15.6. The van der Waals surface area contributed by atoms with Gasteiger partial charge in [0.1, 0.15) is 5.82 Å². The number of carbonyl (C=O) groups is 3. The van der Waals surface area contributed by atoms with Gasteiger partial charge >= 0.3 is 0 Å². The fourth-order valence-electron chi connectivity index (χ4n) is 6.47. The Bertz CT molecular complexity index is 1490. The van der Waals surface area contributed by atoms with Gasteiger partial charge in [0.25, 0.3) is 5.91 Å². The Balaban J connectivity index is 0.00000353. The van der Waals surface area contributed by atoms with Crippen LogP contribution in [0.1, 0.15) is 56.1 Å². The third kappa shape index (κ3) is 5.25. The summed E-state index contributed by atoms with van der Waals surface area (Å²) in [5, 5.41) is 7.44. The molecule has 8 nitrogen and oxygen atoms in total. The normalized spacial score (nSPS) is 22.7. The van der Waals surface area contributed by atoms with E-state index < -0.39 is 17.4 Å². The third-order valence-electron chi connectivity index (χ3n) is 9.16. The van der Waals surface area contributed by atoms with Crippen LogP contribution in [-0.4, -0.2) is 63.5 Å². The Hall–Kier alpha value is -4.01. The Labute approximate surface area is 241 Å². The topological polar surface area (TPSA) is 87.5 Å². The predicted octanol–water partition coefficient (Wildman–Crippen LogP) is 4.14. The number of amides is 3. The molecule has 6 rings (SSSR count). The molecule has 0 unspecified atom stereocenters. The van der Waals surface area contributed by atoms with E-state index in [4.69, 9.17) is 0 Å². The number of rotatable bonds is 7. The number of hydrogen-bond acceptors (Lipinski definition) is 4. The van der Waals surface area contributed by atoms with Gasteiger partial charge in [-0.25, -0.2) is 4.39 Å². The molecule has 2 saturated heterocycles. The Kier molecular flexibility index (Phi) is 6.71. The lowest BCUT2D eigenvalue weighted by Crippen LogP contribution is -2.64. The van der Waals surface area contributed by atoms with Crippen molar-refractivity contribution in [2.45, 2.75) is 39.8 Å². The zero-order chi connectivity index (χ0) is 28.9. The number of hydrogen-bond donors (Lipinski definition) is 1. The maximum atomic E-state index is 13.8. The highest BCUT2D eigenvalue weighted by molar-refractivity contribution is 5.95. The number of benzene rings is 2. The number of carbonyl (C=O) groups excluding carboxylic acids is 3. The van der Waals surface area contributed by atoms with Gasteiger partial charge < -0.3 is 15.1 Å². The average molecular weight is 560 g/mol. The van der Waals surface area contributed by atoms with Crippen LogP contribution in [0, 0.1) is 28.5 Å². The Morgan fingerprint density at radius 3 is 2.44 bits per heavy atom. The lowest BCUT2D eigenvalue weighted by Gasteiger charge is -2.50. The van der Waals surface area contributed by atoms with Crippen LogP contribution in [0.15, 0.2) is 67.0 Å². The molecule has 9 heteroatoms. The lowest BCUT2D eigenvalue weighted by atomic mass is 9.70. The van der Waals surface area contributed by atoms with Gasteiger partial charge in [-0.05, 0) is 42.0 Å². The molecular formula is C32H38FN5O3. The van der Waals surface area contributed by atoms with Crippen LogP contribution in [0.3, 0.4) is 0 Å². The fraction of sp³-hybridized carbons (Fsp3) is 0.438. The summed E-state index contributed by atoms with van der Waals surface area (Å²) >= 11 is 0. The molecule has 3 heterocycles. The number of nitrogens with one attached hydrogen (secondary N) is 1. The first-order valence-electron chi connectivity index (χ1n) is 14.2. The lowest BCUT2D eigenvalue weighted by molar-refractivity contribution is -0.151. The van der Waals surface area contributed by atoms with Crippen molar-refractivity contribution in [3.05, 3.63) is 89.5 Å². The van der Waals surface area contributed by atoms with Crippen LogP contribution in [0.2, 0.25) is 0 Å². The van der Waals surface area contributed by atoms with Crippen molar-refractivity contribution in [2.24, 2.45) is 22.7 Å². The first-order valence-corrected chi connectivity index (χ1v) is 14.2. The van der Waals surface area contributed by atoms with Gasteiger partial charge in [0, 0.05) is 45.1 Å². The molecule has 1 aliphatic carbocycles. The standard InChI is InChI=1S/C32H36FN5O3.H2/c1-21(23-10-7-11-25(33)12-23)35-28(39)27-17-36(18-32(27)19-37(20-32)30(41)26-13-31(26,2)3)29(40)24-14-34-38(16-24)15-22-8-5-4-6-9-22;/h4-12,14,16,21,26-27H,13,15,17-20H2,1-3H3,(H,35,39);1H/t21-,26-,27+;/m1./s1. The maximum absolute atomic E-state index is 13.8. The summed E-state index contributed by atoms with van der Waals surface area (Å²) in [4.78, 5) is 44.0. The summed E-state index contributed by atoms with van der Waals surface area (Å²) in [6, 6.07) is 15.7. The molecule has 1 N–H and O–H groups in total. The highest BCUT2D eigenvalue weighted by atomic mass is 19.1. The summed E-state index contributed by atoms with van der Waals surface area (Å²) in [5.41, 5.74) is 1.73. The molecule has 3 aromatic rings. The van der Waals surface area contributed by atoms with Crippen LogP contribution in [0.5, 0.6) is 0 Å². The van der Waals surface area contributed by atoms with E-state index in [1.54, 1.807) is 34.1 Å². The minimum atomic E-state index is -0.518. The molecule has 41 heavy (non-hydrogen) atoms. The minimum absolute atomic E-state index is 0. The Morgan fingerprint density at radius 2 is 1.76 bits per heavy atom. The van der Waals surface area contributed by atoms with Gasteiger partial charge in [0.2, 0.25) is 11.8 Å². The quantitative estimate of drug-likeness (QED) is 0.472. The minimum Gasteiger partial charge on any atom is -0.349 e. The van der Waals surface area contributed by atoms with Crippen molar-refractivity contribution >= 4 is 17.7 Å². The van der Waals surface area contributed by atoms with Crippen molar-refractivity contribution in [3.63, 3.8) is 0 Å². The summed E-state index contributed by atoms with van der Waals surface area (Å²) in [6.45, 7) is 8.11. The molecule has 1 aromatic heterocycles. The second-order valence-electron chi connectivity index (χ2n) is 12.7. The molecule has 3 aliphatic rings. The summed E-state index contributed by atoms with van der Waals surface area (Å²) in [6.07, 6.45) is 4.19. The van der Waals surface area contributed by atoms with Crippen LogP contribution in [0.4, 0.5) is 4.39 Å². The van der Waals surface area contributed by atoms with Crippen molar-refractivity contribution in [2.75, 3.05) is 26.2 Å². The zero-order valence-electron chi connectivity index (χ0n) is 23.7. The molecule has 0 radical (unpaired) electrons. The van der Waals surface area contributed by atoms with Crippen molar-refractivity contribution in [1.82, 2.24) is 24.9 Å². The number of nitrogens with zero attached hydrogens (tertiary/aromatic N) is 4. The molecule has 0 bridgehead atoms. The smallest absolute Gasteiger partial charge is 0.257 e. The predicted molar refractivity (Wildman–Crippen MR) is 153 cm³/mol. The molecule has 3 amide bonds. The Morgan fingerprint density at radius 1 is 1.05 bits per heavy atom. The number of aromatic nitrogens is 2. The molecule has 3 fully saturated rings. The van der Waals surface area contributed by atoms with Gasteiger partial charge in [-0.15, -0.1) is 0 Å². The summed E-state index contributed by atoms with van der Waals surface area (Å²) in [5.74, 6) is -1.05. The van der Waals surface area contributed by atoms with E-state index in [9.17, 15) is 18.8 Å². The summed E-state index contributed by atoms with van der Waals surface area (Å²) in [7, 11) is 0. The second-order valence-corrected chi connectivity index (χ2v) is 12.7. The van der Waals surface area contributed by atoms with Crippen LogP contribution < -0.4 is 5.32 Å². The molecule has 1 spiro atoms. The van der Waals surface area contributed by atoms with Crippen LogP contribution >= 0.6 is 0 Å². The van der Waals surface area contributed by atoms with Gasteiger partial charge in [-0.1, -0.05) is 56.3 Å². The van der Waals surface area contributed by atoms with Crippen LogP contribution in [-0.2, 0) is 16.1 Å². The average Bonchev–Trinajstić information content (AvgIpc) is 3.25. The molecule has 2 aliphatic heterocycles. The highest BCUT2D eigenvalue weighted by Gasteiger charge is 2.61. The first-order chi connectivity index (χ1) is 19.5. The van der Waals surface area contributed by atoms with Gasteiger partial charge in [0.05, 0.1) is 30.3 Å². The molecule has 3 atom stereocenters. The van der Waals surface area contributed by atoms with E-state index in [2.05, 4.69) is 24.3 Å². The van der Waals surface area contributed by atoms with E-state index in [-0.39, 0.29) is 42.8 Å². The molecule has 216 valence electrons. The number of halogens is 1. The first kappa shape index (κ1) is 27.2. The zero-order valence-corrected chi connectivity index (χ0v) is 23.7. The highest BCUT2D eigenvalue weighted by Crippen LogP contribution is 2.54. The monoisotopic (exact) mass is 559 g/mol. The third-order valence-corrected chi connectivity index (χ3v) is 9.16. The fourth-order valence-corrected chi connectivity index (χ4v) is 6.47. The van der Waals surface area contributed by atoms with Crippen LogP contribution in [0.25, 0.3) is 0 Å². The van der Waals surface area contributed by atoms with Crippen molar-refractivity contribution in [1.29, 1.82) is 0 Å².